The van der Waals surface area contributed by atoms with Crippen LogP contribution in [-0.2, 0) is 0 Å². The van der Waals surface area contributed by atoms with Crippen LogP contribution in [-0.4, -0.2) is 64.4 Å². The summed E-state index contributed by atoms with van der Waals surface area (Å²) >= 11 is 1.48. The molecule has 1 aromatic carbocycles. The van der Waals surface area contributed by atoms with E-state index >= 15 is 0 Å². The molecule has 2 aliphatic heterocycles. The molecule has 1 unspecified atom stereocenters. The summed E-state index contributed by atoms with van der Waals surface area (Å²) in [6.45, 7) is 3.12. The SMILES string of the molecule is C[N+]1(c2cc(F)cc(F)c2NC(=O)Nc2csc(C3CCCN(c4ncnc5[nH]ncc45)C3)n2)CCCC1. The van der Waals surface area contributed by atoms with Gasteiger partial charge in [0, 0.05) is 49.4 Å². The van der Waals surface area contributed by atoms with Crippen molar-refractivity contribution >= 4 is 51.4 Å². The standard InChI is InChI=1S/C25H27F2N9OS/c1-36(7-2-3-8-36)19-10-16(26)9-18(27)21(19)33-25(37)32-20-13-38-24(31-20)15-5-4-6-35(12-15)23-17-11-30-34-22(17)28-14-29-23/h9-11,13-15H,2-8,12H2,1H3,(H2-,28,29,30,32,33,34,37)/p+1. The Morgan fingerprint density at radius 2 is 2.03 bits per heavy atom. The van der Waals surface area contributed by atoms with Crippen molar-refractivity contribution in [1.29, 1.82) is 0 Å². The number of carbonyl (C=O) groups excluding carboxylic acids is 1. The van der Waals surface area contributed by atoms with E-state index in [4.69, 9.17) is 0 Å². The van der Waals surface area contributed by atoms with Gasteiger partial charge in [-0.05, 0) is 12.8 Å². The van der Waals surface area contributed by atoms with E-state index in [1.807, 2.05) is 7.05 Å². The largest absolute Gasteiger partial charge is 0.355 e. The van der Waals surface area contributed by atoms with Crippen LogP contribution >= 0.6 is 11.3 Å². The molecule has 0 spiro atoms. The molecular weight excluding hydrogens is 512 g/mol. The summed E-state index contributed by atoms with van der Waals surface area (Å²) in [5.41, 5.74) is 1.14. The number of nitrogens with zero attached hydrogens (tertiary/aromatic N) is 6. The summed E-state index contributed by atoms with van der Waals surface area (Å²) < 4.78 is 29.3. The van der Waals surface area contributed by atoms with Crippen molar-refractivity contribution < 1.29 is 13.6 Å². The average molecular weight is 541 g/mol. The third kappa shape index (κ3) is 4.67. The van der Waals surface area contributed by atoms with Gasteiger partial charge < -0.3 is 10.2 Å². The second-order valence-electron chi connectivity index (χ2n) is 10.1. The monoisotopic (exact) mass is 540 g/mol. The summed E-state index contributed by atoms with van der Waals surface area (Å²) in [5, 5.41) is 15.9. The first-order valence-electron chi connectivity index (χ1n) is 12.7. The molecular formula is C25H28F2N9OS+. The van der Waals surface area contributed by atoms with Crippen molar-refractivity contribution in [3.05, 3.63) is 46.7 Å². The maximum atomic E-state index is 14.8. The molecule has 10 nitrogen and oxygen atoms in total. The molecule has 13 heteroatoms. The maximum absolute atomic E-state index is 14.8. The number of hydrogen-bond acceptors (Lipinski definition) is 7. The molecule has 0 aliphatic carbocycles. The minimum Gasteiger partial charge on any atom is -0.355 e. The van der Waals surface area contributed by atoms with E-state index in [0.29, 0.717) is 21.6 Å². The molecule has 38 heavy (non-hydrogen) atoms. The highest BCUT2D eigenvalue weighted by Crippen LogP contribution is 2.37. The Bertz CT molecular complexity index is 1480. The first-order chi connectivity index (χ1) is 18.4. The Balaban J connectivity index is 1.15. The number of piperidine rings is 1. The topological polar surface area (TPSA) is 112 Å². The zero-order chi connectivity index (χ0) is 26.3. The van der Waals surface area contributed by atoms with Gasteiger partial charge in [0.1, 0.15) is 29.5 Å². The van der Waals surface area contributed by atoms with Gasteiger partial charge in [-0.15, -0.1) is 11.3 Å². The number of carbonyl (C=O) groups is 1. The summed E-state index contributed by atoms with van der Waals surface area (Å²) in [6, 6.07) is 1.49. The normalized spacial score (nSPS) is 19.1. The molecule has 2 saturated heterocycles. The second kappa shape index (κ2) is 9.87. The van der Waals surface area contributed by atoms with Crippen molar-refractivity contribution in [3.8, 4) is 0 Å². The molecule has 0 radical (unpaired) electrons. The van der Waals surface area contributed by atoms with Gasteiger partial charge in [-0.3, -0.25) is 14.9 Å². The van der Waals surface area contributed by atoms with Crippen molar-refractivity contribution in [2.45, 2.75) is 31.6 Å². The number of likely N-dealkylation sites (tertiary alicyclic amines) is 1. The van der Waals surface area contributed by atoms with Crippen LogP contribution in [0.1, 0.15) is 36.6 Å². The lowest BCUT2D eigenvalue weighted by Crippen LogP contribution is -2.42. The Kier molecular flexibility index (Phi) is 6.40. The van der Waals surface area contributed by atoms with E-state index in [1.54, 1.807) is 11.6 Å². The van der Waals surface area contributed by atoms with Gasteiger partial charge in [-0.2, -0.15) is 5.10 Å². The lowest BCUT2D eigenvalue weighted by atomic mass is 9.98. The van der Waals surface area contributed by atoms with Crippen LogP contribution in [0, 0.1) is 11.6 Å². The zero-order valence-electron chi connectivity index (χ0n) is 20.9. The maximum Gasteiger partial charge on any atom is 0.325 e. The molecule has 0 saturated carbocycles. The van der Waals surface area contributed by atoms with Crippen LogP contribution in [0.4, 0.5) is 36.6 Å². The minimum absolute atomic E-state index is 0.00193. The van der Waals surface area contributed by atoms with Gasteiger partial charge in [0.25, 0.3) is 0 Å². The molecule has 5 heterocycles. The number of hydrogen-bond donors (Lipinski definition) is 3. The molecule has 198 valence electrons. The lowest BCUT2D eigenvalue weighted by Gasteiger charge is -2.32. The number of benzene rings is 1. The summed E-state index contributed by atoms with van der Waals surface area (Å²) in [5.74, 6) is -0.0428. The van der Waals surface area contributed by atoms with E-state index in [2.05, 4.69) is 40.7 Å². The number of rotatable bonds is 5. The first kappa shape index (κ1) is 24.6. The number of quaternary nitrogens is 1. The van der Waals surface area contributed by atoms with E-state index in [9.17, 15) is 13.6 Å². The number of fused-ring (bicyclic) bond motifs is 1. The third-order valence-electron chi connectivity index (χ3n) is 7.47. The van der Waals surface area contributed by atoms with Crippen molar-refractivity contribution in [1.82, 2.24) is 29.6 Å². The predicted molar refractivity (Wildman–Crippen MR) is 144 cm³/mol. The van der Waals surface area contributed by atoms with Crippen LogP contribution in [0.5, 0.6) is 0 Å². The number of urea groups is 1. The predicted octanol–water partition coefficient (Wildman–Crippen LogP) is 4.85. The van der Waals surface area contributed by atoms with E-state index < -0.39 is 17.7 Å². The highest BCUT2D eigenvalue weighted by molar-refractivity contribution is 7.10. The minimum atomic E-state index is -0.792. The van der Waals surface area contributed by atoms with E-state index in [-0.39, 0.29) is 11.6 Å². The number of amides is 2. The Labute approximate surface area is 221 Å². The number of anilines is 3. The summed E-state index contributed by atoms with van der Waals surface area (Å²) in [7, 11) is 1.93. The molecule has 2 aliphatic rings. The number of aromatic nitrogens is 5. The van der Waals surface area contributed by atoms with Gasteiger partial charge in [-0.25, -0.2) is 28.5 Å². The van der Waals surface area contributed by atoms with Gasteiger partial charge >= 0.3 is 6.03 Å². The van der Waals surface area contributed by atoms with Gasteiger partial charge in [0.2, 0.25) is 0 Å². The second-order valence-corrected chi connectivity index (χ2v) is 11.0. The molecule has 0 bridgehead atoms. The number of aromatic amines is 1. The summed E-state index contributed by atoms with van der Waals surface area (Å²) in [4.78, 5) is 28.4. The average Bonchev–Trinajstić information content (AvgIpc) is 3.67. The number of nitrogens with one attached hydrogen (secondary N) is 3. The highest BCUT2D eigenvalue weighted by Gasteiger charge is 2.35. The van der Waals surface area contributed by atoms with Crippen molar-refractivity contribution in [3.63, 3.8) is 0 Å². The molecule has 2 amide bonds. The van der Waals surface area contributed by atoms with Crippen LogP contribution < -0.4 is 20.0 Å². The fourth-order valence-electron chi connectivity index (χ4n) is 5.55. The fraction of sp³-hybridized carbons (Fsp3) is 0.400. The Morgan fingerprint density at radius 3 is 2.87 bits per heavy atom. The highest BCUT2D eigenvalue weighted by atomic mass is 32.1. The van der Waals surface area contributed by atoms with E-state index in [0.717, 1.165) is 74.1 Å². The Morgan fingerprint density at radius 1 is 1.18 bits per heavy atom. The number of thiazole rings is 1. The smallest absolute Gasteiger partial charge is 0.325 e. The van der Waals surface area contributed by atoms with Crippen molar-refractivity contribution in [2.24, 2.45) is 0 Å². The quantitative estimate of drug-likeness (QED) is 0.312. The first-order valence-corrected chi connectivity index (χ1v) is 13.5. The van der Waals surface area contributed by atoms with Crippen LogP contribution in [0.2, 0.25) is 0 Å². The Hall–Kier alpha value is -3.71. The number of halogens is 2. The molecule has 2 fully saturated rings. The van der Waals surface area contributed by atoms with Crippen molar-refractivity contribution in [2.75, 3.05) is 48.8 Å². The van der Waals surface area contributed by atoms with Gasteiger partial charge in [0.05, 0.1) is 36.7 Å². The molecule has 4 aromatic rings. The number of H-pyrrole nitrogens is 1. The molecule has 3 N–H and O–H groups in total. The van der Waals surface area contributed by atoms with Crippen LogP contribution in [0.25, 0.3) is 11.0 Å². The van der Waals surface area contributed by atoms with Gasteiger partial charge in [0.15, 0.2) is 17.2 Å². The lowest BCUT2D eigenvalue weighted by molar-refractivity contribution is 0.262. The molecule has 6 rings (SSSR count). The molecule has 1 atom stereocenters. The van der Waals surface area contributed by atoms with Crippen LogP contribution in [0.15, 0.2) is 30.0 Å². The van der Waals surface area contributed by atoms with E-state index in [1.165, 1.54) is 23.7 Å². The molecule has 3 aromatic heterocycles. The fourth-order valence-corrected chi connectivity index (χ4v) is 6.43. The van der Waals surface area contributed by atoms with Crippen LogP contribution in [0.3, 0.4) is 0 Å². The third-order valence-corrected chi connectivity index (χ3v) is 8.48. The summed E-state index contributed by atoms with van der Waals surface area (Å²) in [6.07, 6.45) is 7.14. The zero-order valence-corrected chi connectivity index (χ0v) is 21.7. The van der Waals surface area contributed by atoms with Gasteiger partial charge in [-0.1, -0.05) is 0 Å².